The summed E-state index contributed by atoms with van der Waals surface area (Å²) in [5.41, 5.74) is 2.05. The molecular formula is C13H15NO2. The first-order valence-electron chi connectivity index (χ1n) is 5.37. The predicted octanol–water partition coefficient (Wildman–Crippen LogP) is 2.25. The lowest BCUT2D eigenvalue weighted by Crippen LogP contribution is -2.06. The van der Waals surface area contributed by atoms with Crippen LogP contribution in [0.1, 0.15) is 24.5 Å². The number of aryl methyl sites for hydroxylation is 1. The van der Waals surface area contributed by atoms with Crippen LogP contribution in [0.3, 0.4) is 0 Å². The van der Waals surface area contributed by atoms with Gasteiger partial charge in [-0.3, -0.25) is 4.79 Å². The molecule has 3 heteroatoms. The number of ether oxygens (including phenoxy) is 1. The van der Waals surface area contributed by atoms with Crippen LogP contribution in [-0.4, -0.2) is 12.6 Å². The fourth-order valence-corrected chi connectivity index (χ4v) is 1.53. The Morgan fingerprint density at radius 3 is 2.69 bits per heavy atom. The standard InChI is InChI=1S/C13H15NO2/c1-2-16-13(15)8-7-11-5-3-4-6-12(11)9-10-14/h3-6H,2,7-9H2,1H3. The molecule has 0 saturated heterocycles. The third-order valence-corrected chi connectivity index (χ3v) is 2.29. The van der Waals surface area contributed by atoms with E-state index in [1.54, 1.807) is 6.92 Å². The first kappa shape index (κ1) is 12.3. The Morgan fingerprint density at radius 2 is 2.06 bits per heavy atom. The van der Waals surface area contributed by atoms with Crippen LogP contribution in [0.4, 0.5) is 0 Å². The number of hydrogen-bond donors (Lipinski definition) is 0. The van der Waals surface area contributed by atoms with Crippen molar-refractivity contribution in [2.75, 3.05) is 6.61 Å². The molecule has 1 aromatic rings. The molecule has 0 bridgehead atoms. The summed E-state index contributed by atoms with van der Waals surface area (Å²) >= 11 is 0. The topological polar surface area (TPSA) is 50.1 Å². The minimum Gasteiger partial charge on any atom is -0.466 e. The molecule has 0 N–H and O–H groups in total. The second kappa shape index (κ2) is 6.62. The van der Waals surface area contributed by atoms with Crippen LogP contribution >= 0.6 is 0 Å². The van der Waals surface area contributed by atoms with Crippen molar-refractivity contribution in [3.05, 3.63) is 35.4 Å². The zero-order chi connectivity index (χ0) is 11.8. The molecule has 16 heavy (non-hydrogen) atoms. The second-order valence-corrected chi connectivity index (χ2v) is 3.41. The summed E-state index contributed by atoms with van der Waals surface area (Å²) in [4.78, 5) is 11.2. The van der Waals surface area contributed by atoms with Gasteiger partial charge in [0.05, 0.1) is 19.1 Å². The van der Waals surface area contributed by atoms with Crippen LogP contribution in [0, 0.1) is 11.3 Å². The number of carbonyl (C=O) groups is 1. The summed E-state index contributed by atoms with van der Waals surface area (Å²) in [5.74, 6) is -0.186. The summed E-state index contributed by atoms with van der Waals surface area (Å²) < 4.78 is 4.86. The van der Waals surface area contributed by atoms with E-state index in [9.17, 15) is 4.79 Å². The Kier molecular flexibility index (Phi) is 5.07. The van der Waals surface area contributed by atoms with Gasteiger partial charge in [-0.2, -0.15) is 5.26 Å². The van der Waals surface area contributed by atoms with Crippen LogP contribution in [0.2, 0.25) is 0 Å². The fourth-order valence-electron chi connectivity index (χ4n) is 1.53. The number of esters is 1. The van der Waals surface area contributed by atoms with Gasteiger partial charge in [-0.05, 0) is 24.5 Å². The zero-order valence-corrected chi connectivity index (χ0v) is 9.40. The minimum atomic E-state index is -0.186. The van der Waals surface area contributed by atoms with Gasteiger partial charge in [-0.15, -0.1) is 0 Å². The van der Waals surface area contributed by atoms with Gasteiger partial charge in [0, 0.05) is 6.42 Å². The Bertz CT molecular complexity index is 393. The molecule has 0 aromatic heterocycles. The number of nitriles is 1. The van der Waals surface area contributed by atoms with Gasteiger partial charge < -0.3 is 4.74 Å². The average molecular weight is 217 g/mol. The highest BCUT2D eigenvalue weighted by Crippen LogP contribution is 2.11. The molecule has 0 radical (unpaired) electrons. The number of nitrogens with zero attached hydrogens (tertiary/aromatic N) is 1. The molecule has 0 heterocycles. The van der Waals surface area contributed by atoms with Crippen molar-refractivity contribution >= 4 is 5.97 Å². The van der Waals surface area contributed by atoms with Crippen molar-refractivity contribution in [2.24, 2.45) is 0 Å². The third kappa shape index (κ3) is 3.74. The van der Waals surface area contributed by atoms with Crippen LogP contribution in [-0.2, 0) is 22.4 Å². The van der Waals surface area contributed by atoms with E-state index >= 15 is 0 Å². The molecule has 1 rings (SSSR count). The average Bonchev–Trinajstić information content (AvgIpc) is 2.29. The highest BCUT2D eigenvalue weighted by atomic mass is 16.5. The Balaban J connectivity index is 2.59. The lowest BCUT2D eigenvalue weighted by Gasteiger charge is -2.06. The Morgan fingerprint density at radius 1 is 1.38 bits per heavy atom. The maximum atomic E-state index is 11.2. The van der Waals surface area contributed by atoms with Crippen LogP contribution in [0.25, 0.3) is 0 Å². The van der Waals surface area contributed by atoms with Crippen molar-refractivity contribution < 1.29 is 9.53 Å². The monoisotopic (exact) mass is 217 g/mol. The van der Waals surface area contributed by atoms with Gasteiger partial charge in [0.15, 0.2) is 0 Å². The normalized spacial score (nSPS) is 9.50. The molecule has 3 nitrogen and oxygen atoms in total. The Hall–Kier alpha value is -1.82. The number of carbonyl (C=O) groups excluding carboxylic acids is 1. The van der Waals surface area contributed by atoms with E-state index in [2.05, 4.69) is 6.07 Å². The quantitative estimate of drug-likeness (QED) is 0.711. The molecule has 0 saturated carbocycles. The van der Waals surface area contributed by atoms with E-state index in [4.69, 9.17) is 10.00 Å². The van der Waals surface area contributed by atoms with Crippen molar-refractivity contribution in [3.63, 3.8) is 0 Å². The van der Waals surface area contributed by atoms with E-state index in [1.165, 1.54) is 0 Å². The fraction of sp³-hybridized carbons (Fsp3) is 0.385. The summed E-state index contributed by atoms with van der Waals surface area (Å²) in [6.45, 7) is 2.21. The first-order valence-corrected chi connectivity index (χ1v) is 5.37. The van der Waals surface area contributed by atoms with Crippen molar-refractivity contribution in [1.29, 1.82) is 5.26 Å². The van der Waals surface area contributed by atoms with Gasteiger partial charge in [-0.25, -0.2) is 0 Å². The summed E-state index contributed by atoms with van der Waals surface area (Å²) in [6, 6.07) is 9.81. The van der Waals surface area contributed by atoms with Crippen LogP contribution in [0.15, 0.2) is 24.3 Å². The molecule has 0 unspecified atom stereocenters. The van der Waals surface area contributed by atoms with Gasteiger partial charge in [0.1, 0.15) is 0 Å². The first-order chi connectivity index (χ1) is 7.77. The maximum absolute atomic E-state index is 11.2. The molecule has 0 atom stereocenters. The van der Waals surface area contributed by atoms with Crippen LogP contribution < -0.4 is 0 Å². The molecule has 0 aliphatic carbocycles. The Labute approximate surface area is 95.7 Å². The lowest BCUT2D eigenvalue weighted by molar-refractivity contribution is -0.143. The van der Waals surface area contributed by atoms with Crippen molar-refractivity contribution in [3.8, 4) is 6.07 Å². The predicted molar refractivity (Wildman–Crippen MR) is 60.7 cm³/mol. The van der Waals surface area contributed by atoms with E-state index in [1.807, 2.05) is 24.3 Å². The van der Waals surface area contributed by atoms with Gasteiger partial charge in [0.2, 0.25) is 0 Å². The molecule has 84 valence electrons. The number of hydrogen-bond acceptors (Lipinski definition) is 3. The van der Waals surface area contributed by atoms with E-state index in [-0.39, 0.29) is 5.97 Å². The van der Waals surface area contributed by atoms with E-state index in [0.29, 0.717) is 25.9 Å². The highest BCUT2D eigenvalue weighted by molar-refractivity contribution is 5.69. The molecule has 0 spiro atoms. The minimum absolute atomic E-state index is 0.186. The molecular weight excluding hydrogens is 202 g/mol. The van der Waals surface area contributed by atoms with E-state index < -0.39 is 0 Å². The maximum Gasteiger partial charge on any atom is 0.306 e. The van der Waals surface area contributed by atoms with Crippen molar-refractivity contribution in [2.45, 2.75) is 26.2 Å². The second-order valence-electron chi connectivity index (χ2n) is 3.41. The largest absolute Gasteiger partial charge is 0.466 e. The zero-order valence-electron chi connectivity index (χ0n) is 9.40. The van der Waals surface area contributed by atoms with Gasteiger partial charge in [0.25, 0.3) is 0 Å². The molecule has 0 aliphatic rings. The van der Waals surface area contributed by atoms with Gasteiger partial charge in [-0.1, -0.05) is 24.3 Å². The van der Waals surface area contributed by atoms with Crippen LogP contribution in [0.5, 0.6) is 0 Å². The molecule has 0 aliphatic heterocycles. The molecule has 0 amide bonds. The summed E-state index contributed by atoms with van der Waals surface area (Å²) in [5, 5.41) is 8.66. The molecule has 0 fully saturated rings. The number of benzene rings is 1. The highest BCUT2D eigenvalue weighted by Gasteiger charge is 2.05. The summed E-state index contributed by atoms with van der Waals surface area (Å²) in [6.07, 6.45) is 1.39. The summed E-state index contributed by atoms with van der Waals surface area (Å²) in [7, 11) is 0. The molecule has 1 aromatic carbocycles. The SMILES string of the molecule is CCOC(=O)CCc1ccccc1CC#N. The third-order valence-electron chi connectivity index (χ3n) is 2.29. The number of rotatable bonds is 5. The lowest BCUT2D eigenvalue weighted by atomic mass is 10.0. The van der Waals surface area contributed by atoms with E-state index in [0.717, 1.165) is 11.1 Å². The van der Waals surface area contributed by atoms with Gasteiger partial charge >= 0.3 is 5.97 Å². The smallest absolute Gasteiger partial charge is 0.306 e. The van der Waals surface area contributed by atoms with Crippen molar-refractivity contribution in [1.82, 2.24) is 0 Å².